The predicted molar refractivity (Wildman–Crippen MR) is 65.7 cm³/mol. The Morgan fingerprint density at radius 2 is 1.90 bits per heavy atom. The van der Waals surface area contributed by atoms with Crippen molar-refractivity contribution in [2.75, 3.05) is 0 Å². The van der Waals surface area contributed by atoms with Crippen molar-refractivity contribution >= 4 is 17.6 Å². The average Bonchev–Trinajstić information content (AvgIpc) is 2.71. The Hall–Kier alpha value is -2.02. The predicted octanol–water partition coefficient (Wildman–Crippen LogP) is 3.46. The van der Waals surface area contributed by atoms with Gasteiger partial charge in [0.05, 0.1) is 0 Å². The van der Waals surface area contributed by atoms with Gasteiger partial charge in [-0.15, -0.1) is 0 Å². The second-order valence-electron chi connectivity index (χ2n) is 4.02. The molecule has 0 bridgehead atoms. The van der Waals surface area contributed by atoms with E-state index in [4.69, 9.17) is 16.7 Å². The maximum atomic E-state index is 12.3. The highest BCUT2D eigenvalue weighted by atomic mass is 35.5. The fourth-order valence-electron chi connectivity index (χ4n) is 1.66. The van der Waals surface area contributed by atoms with Crippen LogP contribution < -0.4 is 0 Å². The Kier molecular flexibility index (Phi) is 3.71. The highest BCUT2D eigenvalue weighted by Crippen LogP contribution is 2.25. The maximum absolute atomic E-state index is 12.3. The fraction of sp³-hybridized carbons (Fsp3) is 0.167. The van der Waals surface area contributed by atoms with Crippen LogP contribution in [0.5, 0.6) is 0 Å². The summed E-state index contributed by atoms with van der Waals surface area (Å²) in [5.41, 5.74) is 0.0581. The van der Waals surface area contributed by atoms with Crippen molar-refractivity contribution in [3.63, 3.8) is 0 Å². The summed E-state index contributed by atoms with van der Waals surface area (Å²) >= 11 is 5.70. The Bertz CT molecular complexity index is 635. The van der Waals surface area contributed by atoms with Crippen LogP contribution in [0.3, 0.4) is 0 Å². The number of halogens is 4. The van der Waals surface area contributed by atoms with Crippen LogP contribution in [-0.4, -0.2) is 27.0 Å². The van der Waals surface area contributed by atoms with Crippen molar-refractivity contribution in [2.24, 2.45) is 0 Å². The van der Waals surface area contributed by atoms with Crippen molar-refractivity contribution in [3.8, 4) is 11.3 Å². The number of hydrogen-bond donors (Lipinski definition) is 1. The molecule has 0 spiro atoms. The van der Waals surface area contributed by atoms with E-state index in [1.807, 2.05) is 0 Å². The molecule has 2 aromatic rings. The second kappa shape index (κ2) is 5.16. The highest BCUT2D eigenvalue weighted by Gasteiger charge is 2.30. The van der Waals surface area contributed by atoms with E-state index >= 15 is 0 Å². The molecule has 4 nitrogen and oxygen atoms in total. The first-order chi connectivity index (χ1) is 9.26. The zero-order chi connectivity index (χ0) is 14.9. The number of carbonyl (C=O) groups is 1. The molecule has 0 unspecified atom stereocenters. The number of aromatic carboxylic acids is 1. The van der Waals surface area contributed by atoms with Crippen LogP contribution in [0.4, 0.5) is 13.2 Å². The quantitative estimate of drug-likeness (QED) is 0.944. The Balaban J connectivity index is 2.46. The molecule has 1 heterocycles. The zero-order valence-electron chi connectivity index (χ0n) is 9.86. The van der Waals surface area contributed by atoms with Gasteiger partial charge in [0, 0.05) is 16.8 Å². The first-order valence-corrected chi connectivity index (χ1v) is 5.77. The van der Waals surface area contributed by atoms with Gasteiger partial charge in [-0.1, -0.05) is 23.7 Å². The van der Waals surface area contributed by atoms with E-state index in [-0.39, 0.29) is 11.3 Å². The van der Waals surface area contributed by atoms with Gasteiger partial charge in [0.1, 0.15) is 17.8 Å². The van der Waals surface area contributed by atoms with Gasteiger partial charge in [-0.3, -0.25) is 4.68 Å². The minimum absolute atomic E-state index is 0.0292. The van der Waals surface area contributed by atoms with Gasteiger partial charge < -0.3 is 5.11 Å². The zero-order valence-corrected chi connectivity index (χ0v) is 10.6. The van der Waals surface area contributed by atoms with Gasteiger partial charge in [-0.2, -0.15) is 18.3 Å². The van der Waals surface area contributed by atoms with Crippen LogP contribution in [0.2, 0.25) is 5.02 Å². The number of nitrogens with zero attached hydrogens (tertiary/aromatic N) is 2. The van der Waals surface area contributed by atoms with Gasteiger partial charge in [-0.05, 0) is 12.1 Å². The van der Waals surface area contributed by atoms with E-state index in [2.05, 4.69) is 5.10 Å². The molecule has 0 saturated carbocycles. The summed E-state index contributed by atoms with van der Waals surface area (Å²) in [4.78, 5) is 11.1. The lowest BCUT2D eigenvalue weighted by atomic mass is 10.1. The number of alkyl halides is 3. The Morgan fingerprint density at radius 1 is 1.30 bits per heavy atom. The molecule has 0 fully saturated rings. The molecule has 0 aliphatic heterocycles. The Labute approximate surface area is 116 Å². The third kappa shape index (κ3) is 3.30. The normalized spacial score (nSPS) is 11.6. The van der Waals surface area contributed by atoms with Crippen molar-refractivity contribution in [1.82, 2.24) is 9.78 Å². The fourth-order valence-corrected chi connectivity index (χ4v) is 1.79. The molecule has 0 aliphatic carbocycles. The molecule has 0 amide bonds. The van der Waals surface area contributed by atoms with E-state index in [0.29, 0.717) is 15.3 Å². The summed E-state index contributed by atoms with van der Waals surface area (Å²) in [5.74, 6) is -1.34. The van der Waals surface area contributed by atoms with Crippen LogP contribution in [0.25, 0.3) is 11.3 Å². The third-order valence-electron chi connectivity index (χ3n) is 2.45. The number of carboxylic acid groups (broad SMARTS) is 1. The molecule has 8 heteroatoms. The lowest BCUT2D eigenvalue weighted by Gasteiger charge is -2.05. The summed E-state index contributed by atoms with van der Waals surface area (Å²) < 4.78 is 37.5. The smallest absolute Gasteiger partial charge is 0.408 e. The molecule has 20 heavy (non-hydrogen) atoms. The summed E-state index contributed by atoms with van der Waals surface area (Å²) in [5, 5.41) is 13.2. The van der Waals surface area contributed by atoms with Crippen molar-refractivity contribution in [2.45, 2.75) is 12.7 Å². The SMILES string of the molecule is O=C(O)c1cn(CC(F)(F)F)nc1-c1ccc(Cl)cc1. The van der Waals surface area contributed by atoms with Crippen LogP contribution in [0, 0.1) is 0 Å². The lowest BCUT2D eigenvalue weighted by Crippen LogP contribution is -2.18. The van der Waals surface area contributed by atoms with Gasteiger partial charge in [0.15, 0.2) is 0 Å². The monoisotopic (exact) mass is 304 g/mol. The van der Waals surface area contributed by atoms with Crippen molar-refractivity contribution in [3.05, 3.63) is 41.0 Å². The lowest BCUT2D eigenvalue weighted by molar-refractivity contribution is -0.142. The molecular formula is C12H8ClF3N2O2. The van der Waals surface area contributed by atoms with E-state index in [1.165, 1.54) is 24.3 Å². The third-order valence-corrected chi connectivity index (χ3v) is 2.70. The summed E-state index contributed by atoms with van der Waals surface area (Å²) in [6.07, 6.45) is -3.61. The number of aromatic nitrogens is 2. The van der Waals surface area contributed by atoms with E-state index in [9.17, 15) is 18.0 Å². The molecule has 1 N–H and O–H groups in total. The second-order valence-corrected chi connectivity index (χ2v) is 4.45. The first kappa shape index (κ1) is 14.4. The Morgan fingerprint density at radius 3 is 2.40 bits per heavy atom. The van der Waals surface area contributed by atoms with Crippen LogP contribution in [-0.2, 0) is 6.54 Å². The summed E-state index contributed by atoms with van der Waals surface area (Å²) in [6, 6.07) is 6.00. The molecule has 106 valence electrons. The van der Waals surface area contributed by atoms with E-state index in [1.54, 1.807) is 0 Å². The van der Waals surface area contributed by atoms with Gasteiger partial charge >= 0.3 is 12.1 Å². The first-order valence-electron chi connectivity index (χ1n) is 5.40. The molecule has 1 aromatic carbocycles. The maximum Gasteiger partial charge on any atom is 0.408 e. The number of hydrogen-bond acceptors (Lipinski definition) is 2. The molecule has 2 rings (SSSR count). The summed E-state index contributed by atoms with van der Waals surface area (Å²) in [6.45, 7) is -1.35. The number of rotatable bonds is 3. The summed E-state index contributed by atoms with van der Waals surface area (Å²) in [7, 11) is 0. The largest absolute Gasteiger partial charge is 0.478 e. The van der Waals surface area contributed by atoms with E-state index in [0.717, 1.165) is 6.20 Å². The van der Waals surface area contributed by atoms with Gasteiger partial charge in [0.25, 0.3) is 0 Å². The molecule has 0 atom stereocenters. The molecular weight excluding hydrogens is 297 g/mol. The van der Waals surface area contributed by atoms with Crippen molar-refractivity contribution in [1.29, 1.82) is 0 Å². The van der Waals surface area contributed by atoms with Crippen LogP contribution in [0.1, 0.15) is 10.4 Å². The van der Waals surface area contributed by atoms with E-state index < -0.39 is 18.7 Å². The van der Waals surface area contributed by atoms with Crippen molar-refractivity contribution < 1.29 is 23.1 Å². The molecule has 0 saturated heterocycles. The minimum atomic E-state index is -4.47. The molecule has 0 radical (unpaired) electrons. The van der Waals surface area contributed by atoms with Crippen LogP contribution >= 0.6 is 11.6 Å². The van der Waals surface area contributed by atoms with Gasteiger partial charge in [-0.25, -0.2) is 4.79 Å². The van der Waals surface area contributed by atoms with Crippen LogP contribution in [0.15, 0.2) is 30.5 Å². The highest BCUT2D eigenvalue weighted by molar-refractivity contribution is 6.30. The number of benzene rings is 1. The standard InChI is InChI=1S/C12H8ClF3N2O2/c13-8-3-1-7(2-4-8)10-9(11(19)20)5-18(17-10)6-12(14,15)16/h1-5H,6H2,(H,19,20). The minimum Gasteiger partial charge on any atom is -0.478 e. The average molecular weight is 305 g/mol. The molecule has 1 aromatic heterocycles. The molecule has 0 aliphatic rings. The number of carboxylic acids is 1. The topological polar surface area (TPSA) is 55.1 Å². The van der Waals surface area contributed by atoms with Gasteiger partial charge in [0.2, 0.25) is 0 Å².